The largest absolute Gasteiger partial charge is 0.355 e. The number of fused-ring (bicyclic) bond motifs is 1. The first-order chi connectivity index (χ1) is 13.9. The zero-order valence-corrected chi connectivity index (χ0v) is 17.7. The molecule has 0 amide bonds. The Hall–Kier alpha value is -2.80. The highest BCUT2D eigenvalue weighted by Crippen LogP contribution is 2.29. The Bertz CT molecular complexity index is 1110. The number of anilines is 1. The van der Waals surface area contributed by atoms with Gasteiger partial charge in [0.15, 0.2) is 5.65 Å². The van der Waals surface area contributed by atoms with Crippen molar-refractivity contribution in [1.29, 1.82) is 0 Å². The fourth-order valence-electron chi connectivity index (χ4n) is 4.06. The lowest BCUT2D eigenvalue weighted by atomic mass is 10.0. The summed E-state index contributed by atoms with van der Waals surface area (Å²) in [5.41, 5.74) is 2.95. The number of pyridine rings is 2. The maximum Gasteiger partial charge on any atom is 0.355 e. The molecule has 4 rings (SSSR count). The van der Waals surface area contributed by atoms with E-state index in [4.69, 9.17) is 0 Å². The van der Waals surface area contributed by atoms with Crippen molar-refractivity contribution in [3.8, 4) is 5.69 Å². The Morgan fingerprint density at radius 3 is 2.72 bits per heavy atom. The van der Waals surface area contributed by atoms with Gasteiger partial charge in [0.25, 0.3) is 0 Å². The monoisotopic (exact) mass is 392 g/mol. The van der Waals surface area contributed by atoms with Crippen molar-refractivity contribution in [3.63, 3.8) is 0 Å². The zero-order chi connectivity index (χ0) is 20.7. The van der Waals surface area contributed by atoms with Crippen molar-refractivity contribution in [2.75, 3.05) is 18.0 Å². The molecule has 0 spiro atoms. The van der Waals surface area contributed by atoms with Gasteiger partial charge in [-0.2, -0.15) is 4.98 Å². The molecule has 1 saturated heterocycles. The third-order valence-electron chi connectivity index (χ3n) is 5.59. The molecule has 3 aromatic heterocycles. The maximum atomic E-state index is 13.4. The summed E-state index contributed by atoms with van der Waals surface area (Å²) in [6.45, 7) is 12.1. The number of aromatic nitrogens is 4. The minimum absolute atomic E-state index is 0.171. The quantitative estimate of drug-likeness (QED) is 0.739. The lowest BCUT2D eigenvalue weighted by molar-refractivity contribution is 0.423. The standard InChI is InChI=1S/C22H28N6O/c1-13(2)18-19(14(3)8-10-23-18)28-20-17(7-6-9-24-20)21(26-22(28)29)27-12-15(4)25-11-16(27)5/h6-10,13,15-16,25H,11-12H2,1-5H3. The Labute approximate surface area is 170 Å². The molecular weight excluding hydrogens is 364 g/mol. The molecule has 0 aromatic carbocycles. The van der Waals surface area contributed by atoms with Crippen LogP contribution >= 0.6 is 0 Å². The predicted molar refractivity (Wildman–Crippen MR) is 116 cm³/mol. The molecule has 4 heterocycles. The minimum Gasteiger partial charge on any atom is -0.350 e. The van der Waals surface area contributed by atoms with Crippen molar-refractivity contribution in [1.82, 2.24) is 24.8 Å². The number of nitrogens with one attached hydrogen (secondary N) is 1. The van der Waals surface area contributed by atoms with Gasteiger partial charge in [-0.15, -0.1) is 0 Å². The molecule has 0 saturated carbocycles. The van der Waals surface area contributed by atoms with Crippen LogP contribution in [0.5, 0.6) is 0 Å². The summed E-state index contributed by atoms with van der Waals surface area (Å²) in [6.07, 6.45) is 3.52. The van der Waals surface area contributed by atoms with Crippen molar-refractivity contribution in [2.45, 2.75) is 52.6 Å². The SMILES string of the molecule is Cc1ccnc(C(C)C)c1-n1c(=O)nc(N2CC(C)NCC2C)c2cccnc21. The maximum absolute atomic E-state index is 13.4. The molecule has 2 unspecified atom stereocenters. The summed E-state index contributed by atoms with van der Waals surface area (Å²) in [6, 6.07) is 6.40. The first-order valence-corrected chi connectivity index (χ1v) is 10.2. The first-order valence-electron chi connectivity index (χ1n) is 10.2. The van der Waals surface area contributed by atoms with Crippen molar-refractivity contribution < 1.29 is 0 Å². The molecule has 0 aliphatic carbocycles. The van der Waals surface area contributed by atoms with Gasteiger partial charge in [0.1, 0.15) is 5.82 Å². The van der Waals surface area contributed by atoms with Gasteiger partial charge in [-0.05, 0) is 50.5 Å². The van der Waals surface area contributed by atoms with E-state index in [9.17, 15) is 4.79 Å². The number of hydrogen-bond acceptors (Lipinski definition) is 6. The third kappa shape index (κ3) is 3.40. The van der Waals surface area contributed by atoms with Gasteiger partial charge >= 0.3 is 5.69 Å². The van der Waals surface area contributed by atoms with E-state index >= 15 is 0 Å². The van der Waals surface area contributed by atoms with E-state index in [1.165, 1.54) is 0 Å². The Morgan fingerprint density at radius 2 is 1.97 bits per heavy atom. The van der Waals surface area contributed by atoms with Crippen LogP contribution < -0.4 is 15.9 Å². The molecule has 7 nitrogen and oxygen atoms in total. The van der Waals surface area contributed by atoms with E-state index in [1.54, 1.807) is 17.0 Å². The van der Waals surface area contributed by atoms with Crippen LogP contribution in [-0.4, -0.2) is 44.7 Å². The van der Waals surface area contributed by atoms with Crippen LogP contribution in [0.2, 0.25) is 0 Å². The summed E-state index contributed by atoms with van der Waals surface area (Å²) in [4.78, 5) is 29.3. The topological polar surface area (TPSA) is 75.9 Å². The van der Waals surface area contributed by atoms with E-state index in [1.807, 2.05) is 25.1 Å². The van der Waals surface area contributed by atoms with Crippen molar-refractivity contribution in [2.24, 2.45) is 0 Å². The van der Waals surface area contributed by atoms with Crippen LogP contribution in [0.3, 0.4) is 0 Å². The van der Waals surface area contributed by atoms with E-state index in [0.717, 1.165) is 35.4 Å². The molecule has 29 heavy (non-hydrogen) atoms. The van der Waals surface area contributed by atoms with Gasteiger partial charge in [-0.25, -0.2) is 14.3 Å². The van der Waals surface area contributed by atoms with E-state index in [2.05, 4.69) is 52.9 Å². The third-order valence-corrected chi connectivity index (χ3v) is 5.59. The summed E-state index contributed by atoms with van der Waals surface area (Å²) in [5.74, 6) is 0.882. The molecule has 0 bridgehead atoms. The van der Waals surface area contributed by atoms with E-state index < -0.39 is 0 Å². The Morgan fingerprint density at radius 1 is 1.17 bits per heavy atom. The molecule has 1 N–H and O–H groups in total. The lowest BCUT2D eigenvalue weighted by Gasteiger charge is -2.38. The van der Waals surface area contributed by atoms with Crippen LogP contribution in [0, 0.1) is 6.92 Å². The summed E-state index contributed by atoms with van der Waals surface area (Å²) >= 11 is 0. The fraction of sp³-hybridized carbons (Fsp3) is 0.455. The molecular formula is C22H28N6O. The molecule has 7 heteroatoms. The fourth-order valence-corrected chi connectivity index (χ4v) is 4.06. The Kier molecular flexibility index (Phi) is 5.08. The van der Waals surface area contributed by atoms with Crippen LogP contribution in [0.15, 0.2) is 35.4 Å². The number of hydrogen-bond donors (Lipinski definition) is 1. The smallest absolute Gasteiger partial charge is 0.350 e. The molecule has 1 aliphatic rings. The van der Waals surface area contributed by atoms with Crippen LogP contribution in [0.4, 0.5) is 5.82 Å². The second kappa shape index (κ2) is 7.55. The highest BCUT2D eigenvalue weighted by Gasteiger charge is 2.27. The molecule has 152 valence electrons. The summed E-state index contributed by atoms with van der Waals surface area (Å²) in [5, 5.41) is 4.36. The number of piperazine rings is 1. The van der Waals surface area contributed by atoms with E-state index in [-0.39, 0.29) is 17.6 Å². The molecule has 3 aromatic rings. The molecule has 2 atom stereocenters. The highest BCUT2D eigenvalue weighted by atomic mass is 16.1. The summed E-state index contributed by atoms with van der Waals surface area (Å²) < 4.78 is 1.63. The van der Waals surface area contributed by atoms with Crippen molar-refractivity contribution >= 4 is 16.9 Å². The molecule has 1 fully saturated rings. The number of aryl methyl sites for hydroxylation is 1. The summed E-state index contributed by atoms with van der Waals surface area (Å²) in [7, 11) is 0. The average molecular weight is 393 g/mol. The highest BCUT2D eigenvalue weighted by molar-refractivity contribution is 5.88. The van der Waals surface area contributed by atoms with Gasteiger partial charge in [-0.3, -0.25) is 4.98 Å². The second-order valence-corrected chi connectivity index (χ2v) is 8.26. The van der Waals surface area contributed by atoms with E-state index in [0.29, 0.717) is 17.5 Å². The second-order valence-electron chi connectivity index (χ2n) is 8.26. The molecule has 0 radical (unpaired) electrons. The van der Waals surface area contributed by atoms with Gasteiger partial charge in [0, 0.05) is 37.6 Å². The van der Waals surface area contributed by atoms with Gasteiger partial charge in [0.05, 0.1) is 16.8 Å². The minimum atomic E-state index is -0.317. The van der Waals surface area contributed by atoms with Crippen LogP contribution in [-0.2, 0) is 0 Å². The van der Waals surface area contributed by atoms with Gasteiger partial charge in [-0.1, -0.05) is 13.8 Å². The molecule has 1 aliphatic heterocycles. The van der Waals surface area contributed by atoms with Crippen LogP contribution in [0.25, 0.3) is 16.7 Å². The number of nitrogens with zero attached hydrogens (tertiary/aromatic N) is 5. The Balaban J connectivity index is 2.01. The average Bonchev–Trinajstić information content (AvgIpc) is 2.70. The van der Waals surface area contributed by atoms with Crippen LogP contribution in [0.1, 0.15) is 44.9 Å². The lowest BCUT2D eigenvalue weighted by Crippen LogP contribution is -2.55. The number of rotatable bonds is 3. The van der Waals surface area contributed by atoms with Gasteiger partial charge < -0.3 is 10.2 Å². The van der Waals surface area contributed by atoms with Crippen molar-refractivity contribution in [3.05, 3.63) is 52.3 Å². The van der Waals surface area contributed by atoms with Gasteiger partial charge in [0.2, 0.25) is 0 Å². The normalized spacial score (nSPS) is 19.9. The first kappa shape index (κ1) is 19.5. The zero-order valence-electron chi connectivity index (χ0n) is 17.7. The predicted octanol–water partition coefficient (Wildman–Crippen LogP) is 2.79.